The van der Waals surface area contributed by atoms with Gasteiger partial charge in [-0.05, 0) is 96.6 Å². The molecule has 0 spiro atoms. The molecule has 0 unspecified atom stereocenters. The van der Waals surface area contributed by atoms with Crippen LogP contribution in [0.4, 0.5) is 0 Å². The van der Waals surface area contributed by atoms with Crippen molar-refractivity contribution in [3.05, 3.63) is 24.3 Å². The number of esters is 2. The molecule has 8 nitrogen and oxygen atoms in total. The van der Waals surface area contributed by atoms with Crippen molar-refractivity contribution in [2.45, 2.75) is 188 Å². The second-order valence-corrected chi connectivity index (χ2v) is 14.0. The second kappa shape index (κ2) is 42.6. The summed E-state index contributed by atoms with van der Waals surface area (Å²) in [5.41, 5.74) is 0. The number of nitrogens with zero attached hydrogens (tertiary/aromatic N) is 1. The first-order chi connectivity index (χ1) is 26.1. The number of aliphatic hydroxyl groups is 1. The lowest BCUT2D eigenvalue weighted by Gasteiger charge is -2.21. The van der Waals surface area contributed by atoms with E-state index in [0.29, 0.717) is 45.6 Å². The minimum atomic E-state index is -0.363. The van der Waals surface area contributed by atoms with Gasteiger partial charge >= 0.3 is 11.9 Å². The van der Waals surface area contributed by atoms with Crippen molar-refractivity contribution < 1.29 is 33.6 Å². The lowest BCUT2D eigenvalue weighted by atomic mass is 10.1. The van der Waals surface area contributed by atoms with E-state index in [4.69, 9.17) is 18.9 Å². The van der Waals surface area contributed by atoms with Gasteiger partial charge in [-0.25, -0.2) is 0 Å². The van der Waals surface area contributed by atoms with Gasteiger partial charge in [0, 0.05) is 39.0 Å². The molecule has 53 heavy (non-hydrogen) atoms. The van der Waals surface area contributed by atoms with Crippen LogP contribution < -0.4 is 0 Å². The highest BCUT2D eigenvalue weighted by molar-refractivity contribution is 5.69. The Balaban J connectivity index is 4.02. The van der Waals surface area contributed by atoms with E-state index >= 15 is 0 Å². The maximum atomic E-state index is 12.5. The van der Waals surface area contributed by atoms with Crippen molar-refractivity contribution in [1.82, 2.24) is 4.90 Å². The van der Waals surface area contributed by atoms with Crippen LogP contribution >= 0.6 is 0 Å². The quantitative estimate of drug-likeness (QED) is 0.0218. The molecule has 0 fully saturated rings. The monoisotopic (exact) mass is 748 g/mol. The van der Waals surface area contributed by atoms with Crippen molar-refractivity contribution in [3.8, 4) is 11.8 Å². The first kappa shape index (κ1) is 50.8. The molecular weight excluding hydrogens is 666 g/mol. The molecule has 0 aliphatic heterocycles. The lowest BCUT2D eigenvalue weighted by molar-refractivity contribution is -0.159. The molecule has 0 aromatic carbocycles. The van der Waals surface area contributed by atoms with Gasteiger partial charge in [-0.3, -0.25) is 9.59 Å². The summed E-state index contributed by atoms with van der Waals surface area (Å²) in [7, 11) is 0. The van der Waals surface area contributed by atoms with E-state index in [2.05, 4.69) is 61.8 Å². The van der Waals surface area contributed by atoms with E-state index in [1.54, 1.807) is 0 Å². The first-order valence-corrected chi connectivity index (χ1v) is 21.7. The Morgan fingerprint density at radius 3 is 1.77 bits per heavy atom. The van der Waals surface area contributed by atoms with E-state index in [0.717, 1.165) is 135 Å². The van der Waals surface area contributed by atoms with Crippen LogP contribution in [0.3, 0.4) is 0 Å². The first-order valence-electron chi connectivity index (χ1n) is 21.7. The molecule has 308 valence electrons. The molecule has 0 aliphatic rings. The van der Waals surface area contributed by atoms with Gasteiger partial charge in [0.2, 0.25) is 0 Å². The third-order valence-electron chi connectivity index (χ3n) is 9.02. The molecule has 0 saturated carbocycles. The number of carbonyl (C=O) groups is 2. The highest BCUT2D eigenvalue weighted by Crippen LogP contribution is 2.12. The average molecular weight is 748 g/mol. The second-order valence-electron chi connectivity index (χ2n) is 14.0. The number of unbranched alkanes of at least 4 members (excludes halogenated alkanes) is 15. The van der Waals surface area contributed by atoms with Gasteiger partial charge < -0.3 is 29.0 Å². The standard InChI is InChI=1S/C45H81NO7/c1-4-7-10-13-16-23-28-39-50-43(48)32-25-18-17-19-26-35-46(37-38-47)36-27-20-24-29-40-51-44(49)33-34-45(52-41-30-21-14-11-8-5-2)53-42-31-22-15-12-9-6-3/h8-9,11-12,45,47H,4-7,10,13-22,24-27,29-42H2,1-3H3/b11-8-,12-9-. The molecular formula is C45H81NO7. The van der Waals surface area contributed by atoms with Crippen molar-refractivity contribution >= 4 is 11.9 Å². The summed E-state index contributed by atoms with van der Waals surface area (Å²) in [5.74, 6) is 5.71. The summed E-state index contributed by atoms with van der Waals surface area (Å²) >= 11 is 0. The minimum Gasteiger partial charge on any atom is -0.466 e. The fourth-order valence-electron chi connectivity index (χ4n) is 5.81. The van der Waals surface area contributed by atoms with Crippen LogP contribution in [-0.2, 0) is 28.5 Å². The number of allylic oxidation sites excluding steroid dienone is 4. The topological polar surface area (TPSA) is 94.5 Å². The Kier molecular flexibility index (Phi) is 40.8. The molecule has 0 bridgehead atoms. The normalized spacial score (nSPS) is 11.6. The van der Waals surface area contributed by atoms with Crippen LogP contribution in [0.1, 0.15) is 181 Å². The minimum absolute atomic E-state index is 0.147. The largest absolute Gasteiger partial charge is 0.466 e. The average Bonchev–Trinajstić information content (AvgIpc) is 3.15. The molecule has 0 atom stereocenters. The van der Waals surface area contributed by atoms with Crippen molar-refractivity contribution in [2.75, 3.05) is 52.7 Å². The highest BCUT2D eigenvalue weighted by atomic mass is 16.7. The number of carbonyl (C=O) groups excluding carboxylic acids is 2. The summed E-state index contributed by atoms with van der Waals surface area (Å²) < 4.78 is 22.8. The van der Waals surface area contributed by atoms with Crippen molar-refractivity contribution in [1.29, 1.82) is 0 Å². The van der Waals surface area contributed by atoms with Crippen molar-refractivity contribution in [2.24, 2.45) is 0 Å². The highest BCUT2D eigenvalue weighted by Gasteiger charge is 2.13. The summed E-state index contributed by atoms with van der Waals surface area (Å²) in [6.07, 6.45) is 33.2. The molecule has 1 N–H and O–H groups in total. The van der Waals surface area contributed by atoms with Gasteiger partial charge in [-0.2, -0.15) is 0 Å². The van der Waals surface area contributed by atoms with Gasteiger partial charge in [0.25, 0.3) is 0 Å². The van der Waals surface area contributed by atoms with Crippen molar-refractivity contribution in [3.63, 3.8) is 0 Å². The summed E-state index contributed by atoms with van der Waals surface area (Å²) in [5, 5.41) is 9.52. The van der Waals surface area contributed by atoms with E-state index in [1.807, 2.05) is 0 Å². The Morgan fingerprint density at radius 2 is 1.15 bits per heavy atom. The third kappa shape index (κ3) is 39.3. The molecule has 0 aromatic heterocycles. The zero-order chi connectivity index (χ0) is 38.7. The lowest BCUT2D eigenvalue weighted by Crippen LogP contribution is -2.29. The zero-order valence-corrected chi connectivity index (χ0v) is 34.6. The van der Waals surface area contributed by atoms with E-state index in [9.17, 15) is 14.7 Å². The van der Waals surface area contributed by atoms with E-state index < -0.39 is 0 Å². The van der Waals surface area contributed by atoms with Crippen LogP contribution in [0.25, 0.3) is 0 Å². The van der Waals surface area contributed by atoms with Gasteiger partial charge in [0.15, 0.2) is 12.9 Å². The molecule has 0 aromatic rings. The van der Waals surface area contributed by atoms with Gasteiger partial charge in [-0.15, -0.1) is 0 Å². The number of rotatable bonds is 39. The van der Waals surface area contributed by atoms with Crippen LogP contribution in [0.5, 0.6) is 0 Å². The number of aliphatic hydroxyl groups excluding tert-OH is 1. The Hall–Kier alpha value is -2.18. The van der Waals surface area contributed by atoms with Gasteiger partial charge in [0.05, 0.1) is 19.6 Å². The maximum absolute atomic E-state index is 12.5. The SMILES string of the molecule is CC/C=C\CCCCOC(CCC(=O)OCCCCCCN(CCO)CCCCCCCC(=O)OCC#CCCCCCC)OCCCC/C=C\CC. The molecule has 8 heteroatoms. The van der Waals surface area contributed by atoms with E-state index in [1.165, 1.54) is 19.3 Å². The molecule has 0 aliphatic carbocycles. The molecule has 0 saturated heterocycles. The van der Waals surface area contributed by atoms with Gasteiger partial charge in [-0.1, -0.05) is 108 Å². The fourth-order valence-corrected chi connectivity index (χ4v) is 5.81. The number of ether oxygens (including phenoxy) is 4. The zero-order valence-electron chi connectivity index (χ0n) is 34.6. The molecule has 0 heterocycles. The Morgan fingerprint density at radius 1 is 0.585 bits per heavy atom. The number of hydrogen-bond donors (Lipinski definition) is 1. The van der Waals surface area contributed by atoms with Crippen LogP contribution in [0, 0.1) is 11.8 Å². The predicted octanol–water partition coefficient (Wildman–Crippen LogP) is 10.7. The maximum Gasteiger partial charge on any atom is 0.306 e. The predicted molar refractivity (Wildman–Crippen MR) is 220 cm³/mol. The number of hydrogen-bond acceptors (Lipinski definition) is 8. The van der Waals surface area contributed by atoms with Crippen LogP contribution in [-0.4, -0.2) is 80.9 Å². The molecule has 0 amide bonds. The Labute approximate surface area is 326 Å². The smallest absolute Gasteiger partial charge is 0.306 e. The molecule has 0 rings (SSSR count). The van der Waals surface area contributed by atoms with Gasteiger partial charge in [0.1, 0.15) is 0 Å². The fraction of sp³-hybridized carbons (Fsp3) is 0.822. The summed E-state index contributed by atoms with van der Waals surface area (Å²) in [6.45, 7) is 11.3. The summed E-state index contributed by atoms with van der Waals surface area (Å²) in [6, 6.07) is 0. The van der Waals surface area contributed by atoms with E-state index in [-0.39, 0.29) is 31.4 Å². The molecule has 0 radical (unpaired) electrons. The Bertz CT molecular complexity index is 902. The van der Waals surface area contributed by atoms with Crippen LogP contribution in [0.2, 0.25) is 0 Å². The van der Waals surface area contributed by atoms with Crippen LogP contribution in [0.15, 0.2) is 24.3 Å². The summed E-state index contributed by atoms with van der Waals surface area (Å²) in [4.78, 5) is 26.7. The third-order valence-corrected chi connectivity index (χ3v) is 9.02.